The lowest BCUT2D eigenvalue weighted by Gasteiger charge is -2.01. The highest BCUT2D eigenvalue weighted by Gasteiger charge is 1.86. The minimum Gasteiger partial charge on any atom is -0.394 e. The number of ether oxygens (including phenoxy) is 2. The summed E-state index contributed by atoms with van der Waals surface area (Å²) in [4.78, 5) is 3.31. The summed E-state index contributed by atoms with van der Waals surface area (Å²) in [6.07, 6.45) is 0.931. The van der Waals surface area contributed by atoms with Crippen LogP contribution in [-0.4, -0.2) is 55.1 Å². The predicted octanol–water partition coefficient (Wildman–Crippen LogP) is -0.376. The molecule has 0 radical (unpaired) electrons. The first kappa shape index (κ1) is 15.8. The lowest BCUT2D eigenvalue weighted by atomic mass is 10.7. The Morgan fingerprint density at radius 3 is 1.50 bits per heavy atom. The summed E-state index contributed by atoms with van der Waals surface area (Å²) in [6.45, 7) is 4.74. The second kappa shape index (κ2) is 18.2. The SMILES string of the molecule is C=COO.OCCOCCOCCO. The van der Waals surface area contributed by atoms with Gasteiger partial charge in [-0.2, -0.15) is 0 Å². The molecule has 3 N–H and O–H groups in total. The van der Waals surface area contributed by atoms with Gasteiger partial charge in [-0.25, -0.2) is 5.26 Å². The molecule has 0 aromatic carbocycles. The maximum Gasteiger partial charge on any atom is 0.122 e. The van der Waals surface area contributed by atoms with Crippen molar-refractivity contribution < 1.29 is 29.8 Å². The number of rotatable bonds is 8. The largest absolute Gasteiger partial charge is 0.394 e. The molecule has 86 valence electrons. The highest BCUT2D eigenvalue weighted by atomic mass is 17.1. The van der Waals surface area contributed by atoms with Crippen LogP contribution in [0.2, 0.25) is 0 Å². The fourth-order valence-electron chi connectivity index (χ4n) is 0.451. The smallest absolute Gasteiger partial charge is 0.122 e. The number of aliphatic hydroxyl groups excluding tert-OH is 2. The molecule has 14 heavy (non-hydrogen) atoms. The van der Waals surface area contributed by atoms with Gasteiger partial charge in [0.1, 0.15) is 6.26 Å². The molecule has 0 unspecified atom stereocenters. The summed E-state index contributed by atoms with van der Waals surface area (Å²) in [5, 5.41) is 23.8. The first-order valence-electron chi connectivity index (χ1n) is 4.11. The average molecular weight is 210 g/mol. The highest BCUT2D eigenvalue weighted by molar-refractivity contribution is 4.40. The van der Waals surface area contributed by atoms with E-state index in [1.165, 1.54) is 0 Å². The van der Waals surface area contributed by atoms with Crippen LogP contribution in [0.3, 0.4) is 0 Å². The zero-order valence-electron chi connectivity index (χ0n) is 8.09. The third kappa shape index (κ3) is 22.5. The molecule has 0 rings (SSSR count). The van der Waals surface area contributed by atoms with Crippen molar-refractivity contribution >= 4 is 0 Å². The van der Waals surface area contributed by atoms with Crippen molar-refractivity contribution in [3.05, 3.63) is 12.8 Å². The van der Waals surface area contributed by atoms with Gasteiger partial charge in [-0.05, 0) is 0 Å². The molecule has 0 aliphatic carbocycles. The van der Waals surface area contributed by atoms with Crippen molar-refractivity contribution in [2.45, 2.75) is 0 Å². The van der Waals surface area contributed by atoms with Crippen molar-refractivity contribution in [1.29, 1.82) is 0 Å². The average Bonchev–Trinajstić information content (AvgIpc) is 2.24. The Balaban J connectivity index is 0. The van der Waals surface area contributed by atoms with Gasteiger partial charge >= 0.3 is 0 Å². The van der Waals surface area contributed by atoms with Gasteiger partial charge in [-0.15, -0.1) is 0 Å². The first-order chi connectivity index (χ1) is 6.83. The monoisotopic (exact) mass is 210 g/mol. The standard InChI is InChI=1S/C6H14O4.C2H4O2/c7-1-3-9-5-6-10-4-2-8;1-2-4-3/h7-8H,1-6H2;2-3H,1H2. The molecule has 0 saturated heterocycles. The zero-order chi connectivity index (χ0) is 11.1. The van der Waals surface area contributed by atoms with Gasteiger partial charge in [0, 0.05) is 0 Å². The van der Waals surface area contributed by atoms with Crippen LogP contribution in [0.25, 0.3) is 0 Å². The normalized spacial score (nSPS) is 8.79. The lowest BCUT2D eigenvalue weighted by molar-refractivity contribution is -0.186. The van der Waals surface area contributed by atoms with Crippen LogP contribution in [0.15, 0.2) is 12.8 Å². The first-order valence-corrected chi connectivity index (χ1v) is 4.11. The van der Waals surface area contributed by atoms with Gasteiger partial charge in [0.2, 0.25) is 0 Å². The van der Waals surface area contributed by atoms with Gasteiger partial charge in [-0.3, -0.25) is 0 Å². The minimum atomic E-state index is 0.0417. The van der Waals surface area contributed by atoms with E-state index in [0.717, 1.165) is 6.26 Å². The van der Waals surface area contributed by atoms with E-state index in [1.54, 1.807) is 0 Å². The second-order valence-corrected chi connectivity index (χ2v) is 1.94. The lowest BCUT2D eigenvalue weighted by Crippen LogP contribution is -2.09. The molecule has 0 aromatic rings. The molecule has 0 amide bonds. The van der Waals surface area contributed by atoms with Gasteiger partial charge in [0.25, 0.3) is 0 Å². The zero-order valence-corrected chi connectivity index (χ0v) is 8.09. The van der Waals surface area contributed by atoms with Crippen molar-refractivity contribution in [2.75, 3.05) is 39.6 Å². The van der Waals surface area contributed by atoms with Crippen LogP contribution in [0.4, 0.5) is 0 Å². The van der Waals surface area contributed by atoms with Crippen molar-refractivity contribution in [3.8, 4) is 0 Å². The van der Waals surface area contributed by atoms with Crippen molar-refractivity contribution in [1.82, 2.24) is 0 Å². The number of hydrogen-bond donors (Lipinski definition) is 3. The molecule has 6 heteroatoms. The summed E-state index contributed by atoms with van der Waals surface area (Å²) in [6, 6.07) is 0. The van der Waals surface area contributed by atoms with Crippen LogP contribution in [0.5, 0.6) is 0 Å². The Kier molecular flexibility index (Phi) is 20.5. The fraction of sp³-hybridized carbons (Fsp3) is 0.750. The predicted molar refractivity (Wildman–Crippen MR) is 49.7 cm³/mol. The van der Waals surface area contributed by atoms with Crippen LogP contribution in [0, 0.1) is 0 Å². The van der Waals surface area contributed by atoms with E-state index in [1.807, 2.05) is 0 Å². The van der Waals surface area contributed by atoms with Crippen LogP contribution in [-0.2, 0) is 14.4 Å². The molecule has 0 aliphatic rings. The molecule has 0 bridgehead atoms. The topological polar surface area (TPSA) is 88.4 Å². The van der Waals surface area contributed by atoms with Gasteiger partial charge in [-0.1, -0.05) is 6.58 Å². The summed E-state index contributed by atoms with van der Waals surface area (Å²) < 4.78 is 9.75. The second-order valence-electron chi connectivity index (χ2n) is 1.94. The molecule has 0 spiro atoms. The maximum atomic E-state index is 8.26. The van der Waals surface area contributed by atoms with E-state index in [0.29, 0.717) is 26.4 Å². The molecular formula is C8H18O6. The van der Waals surface area contributed by atoms with Crippen molar-refractivity contribution in [2.24, 2.45) is 0 Å². The van der Waals surface area contributed by atoms with E-state index in [4.69, 9.17) is 24.9 Å². The third-order valence-electron chi connectivity index (χ3n) is 0.918. The van der Waals surface area contributed by atoms with E-state index < -0.39 is 0 Å². The molecule has 0 saturated carbocycles. The fourth-order valence-corrected chi connectivity index (χ4v) is 0.451. The van der Waals surface area contributed by atoms with Crippen LogP contribution in [0.1, 0.15) is 0 Å². The maximum absolute atomic E-state index is 8.26. The van der Waals surface area contributed by atoms with Gasteiger partial charge in [0.15, 0.2) is 0 Å². The number of aliphatic hydroxyl groups is 2. The molecule has 0 aromatic heterocycles. The molecule has 0 heterocycles. The van der Waals surface area contributed by atoms with E-state index in [2.05, 4.69) is 11.5 Å². The molecule has 0 atom stereocenters. The van der Waals surface area contributed by atoms with Crippen LogP contribution >= 0.6 is 0 Å². The molecular weight excluding hydrogens is 192 g/mol. The van der Waals surface area contributed by atoms with E-state index in [9.17, 15) is 0 Å². The van der Waals surface area contributed by atoms with Gasteiger partial charge in [0.05, 0.1) is 39.6 Å². The van der Waals surface area contributed by atoms with Crippen molar-refractivity contribution in [3.63, 3.8) is 0 Å². The Morgan fingerprint density at radius 1 is 0.929 bits per heavy atom. The van der Waals surface area contributed by atoms with E-state index >= 15 is 0 Å². The summed E-state index contributed by atoms with van der Waals surface area (Å²) >= 11 is 0. The summed E-state index contributed by atoms with van der Waals surface area (Å²) in [7, 11) is 0. The Labute approximate surface area is 83.3 Å². The molecule has 6 nitrogen and oxygen atoms in total. The molecule has 0 fully saturated rings. The quantitative estimate of drug-likeness (QED) is 0.219. The van der Waals surface area contributed by atoms with Gasteiger partial charge < -0.3 is 24.6 Å². The third-order valence-corrected chi connectivity index (χ3v) is 0.918. The van der Waals surface area contributed by atoms with Crippen LogP contribution < -0.4 is 0 Å². The Bertz CT molecular complexity index is 89.8. The summed E-state index contributed by atoms with van der Waals surface area (Å²) in [5.74, 6) is 0. The van der Waals surface area contributed by atoms with E-state index in [-0.39, 0.29) is 13.2 Å². The highest BCUT2D eigenvalue weighted by Crippen LogP contribution is 1.76. The Morgan fingerprint density at radius 2 is 1.29 bits per heavy atom. The molecule has 0 aliphatic heterocycles. The summed E-state index contributed by atoms with van der Waals surface area (Å²) in [5.41, 5.74) is 0. The Hall–Kier alpha value is -0.660. The number of hydrogen-bond acceptors (Lipinski definition) is 6. The minimum absolute atomic E-state index is 0.0417.